The van der Waals surface area contributed by atoms with Crippen molar-refractivity contribution in [2.75, 3.05) is 0 Å². The summed E-state index contributed by atoms with van der Waals surface area (Å²) in [5.74, 6) is 0.918. The number of hydrogen-bond acceptors (Lipinski definition) is 0. The Hall–Kier alpha value is -1.13. The van der Waals surface area contributed by atoms with Gasteiger partial charge in [0.1, 0.15) is 0 Å². The largest absolute Gasteiger partial charge is 0.0651 e. The Kier molecular flexibility index (Phi) is 4.53. The zero-order valence-electron chi connectivity index (χ0n) is 12.2. The summed E-state index contributed by atoms with van der Waals surface area (Å²) in [7, 11) is -0.197. The molecular weight excluding hydrogens is 259 g/mol. The Morgan fingerprint density at radius 3 is 1.90 bits per heavy atom. The van der Waals surface area contributed by atoms with Crippen molar-refractivity contribution in [2.24, 2.45) is 5.92 Å². The van der Waals surface area contributed by atoms with E-state index in [9.17, 15) is 0 Å². The molecule has 1 fully saturated rings. The normalized spacial score (nSPS) is 22.3. The van der Waals surface area contributed by atoms with Crippen LogP contribution in [-0.4, -0.2) is 5.66 Å². The van der Waals surface area contributed by atoms with Gasteiger partial charge in [-0.25, -0.2) is 0 Å². The van der Waals surface area contributed by atoms with Gasteiger partial charge in [0.2, 0.25) is 0 Å². The maximum absolute atomic E-state index is 2.37. The van der Waals surface area contributed by atoms with Crippen LogP contribution in [0.4, 0.5) is 0 Å². The van der Waals surface area contributed by atoms with E-state index in [0.717, 1.165) is 11.6 Å². The highest BCUT2D eigenvalue weighted by atomic mass is 31.1. The van der Waals surface area contributed by atoms with Gasteiger partial charge in [0, 0.05) is 0 Å². The SMILES string of the molecule is CCC1CCC[C@@H]1P(c1ccccc1)c1ccccc1. The highest BCUT2D eigenvalue weighted by Crippen LogP contribution is 2.50. The van der Waals surface area contributed by atoms with Crippen LogP contribution in [0.2, 0.25) is 0 Å². The van der Waals surface area contributed by atoms with E-state index in [1.165, 1.54) is 25.7 Å². The summed E-state index contributed by atoms with van der Waals surface area (Å²) in [6, 6.07) is 22.4. The van der Waals surface area contributed by atoms with Crippen LogP contribution in [0.1, 0.15) is 32.6 Å². The molecule has 2 aromatic rings. The van der Waals surface area contributed by atoms with Crippen LogP contribution in [-0.2, 0) is 0 Å². The van der Waals surface area contributed by atoms with Crippen molar-refractivity contribution in [3.05, 3.63) is 60.7 Å². The first-order valence-electron chi connectivity index (χ1n) is 7.79. The van der Waals surface area contributed by atoms with Crippen LogP contribution in [0.25, 0.3) is 0 Å². The lowest BCUT2D eigenvalue weighted by atomic mass is 10.1. The van der Waals surface area contributed by atoms with E-state index < -0.39 is 0 Å². The number of benzene rings is 2. The molecule has 0 heterocycles. The highest BCUT2D eigenvalue weighted by molar-refractivity contribution is 7.73. The van der Waals surface area contributed by atoms with Crippen molar-refractivity contribution in [1.82, 2.24) is 0 Å². The van der Waals surface area contributed by atoms with Crippen molar-refractivity contribution in [1.29, 1.82) is 0 Å². The van der Waals surface area contributed by atoms with Gasteiger partial charge in [0.25, 0.3) is 0 Å². The monoisotopic (exact) mass is 282 g/mol. The molecule has 1 aliphatic carbocycles. The smallest absolute Gasteiger partial charge is 0.0101 e. The third-order valence-corrected chi connectivity index (χ3v) is 7.60. The predicted octanol–water partition coefficient (Wildman–Crippen LogP) is 4.70. The molecule has 0 bridgehead atoms. The van der Waals surface area contributed by atoms with Gasteiger partial charge in [-0.05, 0) is 42.9 Å². The van der Waals surface area contributed by atoms with E-state index in [1.54, 1.807) is 10.6 Å². The van der Waals surface area contributed by atoms with Crippen molar-refractivity contribution in [2.45, 2.75) is 38.3 Å². The second-order valence-corrected chi connectivity index (χ2v) is 8.14. The molecule has 3 rings (SSSR count). The maximum atomic E-state index is 2.37. The summed E-state index contributed by atoms with van der Waals surface area (Å²) in [6.07, 6.45) is 5.60. The Morgan fingerprint density at radius 2 is 1.40 bits per heavy atom. The molecule has 0 spiro atoms. The first kappa shape index (κ1) is 13.8. The van der Waals surface area contributed by atoms with Gasteiger partial charge in [-0.15, -0.1) is 0 Å². The van der Waals surface area contributed by atoms with E-state index >= 15 is 0 Å². The molecule has 20 heavy (non-hydrogen) atoms. The second kappa shape index (κ2) is 6.55. The molecule has 0 amide bonds. The summed E-state index contributed by atoms with van der Waals surface area (Å²) in [4.78, 5) is 0. The first-order chi connectivity index (χ1) is 9.90. The van der Waals surface area contributed by atoms with Gasteiger partial charge in [-0.1, -0.05) is 80.4 Å². The molecule has 0 aliphatic heterocycles. The molecule has 104 valence electrons. The van der Waals surface area contributed by atoms with Crippen molar-refractivity contribution >= 4 is 18.5 Å². The molecular formula is C19H23P. The lowest BCUT2D eigenvalue weighted by molar-refractivity contribution is 0.538. The van der Waals surface area contributed by atoms with E-state index in [1.807, 2.05) is 0 Å². The summed E-state index contributed by atoms with van der Waals surface area (Å²) in [6.45, 7) is 2.37. The van der Waals surface area contributed by atoms with Gasteiger partial charge < -0.3 is 0 Å². The van der Waals surface area contributed by atoms with Crippen LogP contribution in [0, 0.1) is 5.92 Å². The molecule has 0 aromatic heterocycles. The third kappa shape index (κ3) is 2.81. The fraction of sp³-hybridized carbons (Fsp3) is 0.368. The summed E-state index contributed by atoms with van der Waals surface area (Å²) in [5, 5.41) is 3.11. The lowest BCUT2D eigenvalue weighted by Crippen LogP contribution is -2.24. The zero-order valence-corrected chi connectivity index (χ0v) is 13.1. The first-order valence-corrected chi connectivity index (χ1v) is 9.20. The number of rotatable bonds is 4. The molecule has 2 aromatic carbocycles. The predicted molar refractivity (Wildman–Crippen MR) is 90.5 cm³/mol. The molecule has 0 radical (unpaired) electrons. The number of hydrogen-bond donors (Lipinski definition) is 0. The van der Waals surface area contributed by atoms with Gasteiger partial charge in [-0.2, -0.15) is 0 Å². The standard InChI is InChI=1S/C19H23P/c1-2-16-10-9-15-19(16)20(17-11-5-3-6-12-17)18-13-7-4-8-14-18/h3-8,11-14,16,19H,2,9-10,15H2,1H3/t16?,19-/m0/s1. The van der Waals surface area contributed by atoms with E-state index in [4.69, 9.17) is 0 Å². The van der Waals surface area contributed by atoms with Crippen LogP contribution in [0.3, 0.4) is 0 Å². The average Bonchev–Trinajstić information content (AvgIpc) is 2.98. The molecule has 1 saturated carbocycles. The minimum atomic E-state index is -0.197. The van der Waals surface area contributed by atoms with E-state index in [0.29, 0.717) is 0 Å². The molecule has 0 nitrogen and oxygen atoms in total. The summed E-state index contributed by atoms with van der Waals surface area (Å²) < 4.78 is 0. The van der Waals surface area contributed by atoms with Gasteiger partial charge >= 0.3 is 0 Å². The summed E-state index contributed by atoms with van der Waals surface area (Å²) >= 11 is 0. The van der Waals surface area contributed by atoms with Gasteiger partial charge in [0.05, 0.1) is 0 Å². The summed E-state index contributed by atoms with van der Waals surface area (Å²) in [5.41, 5.74) is 0.875. The van der Waals surface area contributed by atoms with Crippen molar-refractivity contribution in [3.63, 3.8) is 0 Å². The maximum Gasteiger partial charge on any atom is -0.0101 e. The van der Waals surface area contributed by atoms with Crippen LogP contribution in [0.5, 0.6) is 0 Å². The van der Waals surface area contributed by atoms with Gasteiger partial charge in [-0.3, -0.25) is 0 Å². The van der Waals surface area contributed by atoms with Crippen LogP contribution >= 0.6 is 7.92 Å². The second-order valence-electron chi connectivity index (χ2n) is 5.71. The Morgan fingerprint density at radius 1 is 0.850 bits per heavy atom. The Bertz CT molecular complexity index is 480. The van der Waals surface area contributed by atoms with E-state index in [-0.39, 0.29) is 7.92 Å². The minimum absolute atomic E-state index is 0.197. The van der Waals surface area contributed by atoms with Crippen LogP contribution in [0.15, 0.2) is 60.7 Å². The molecule has 1 heteroatoms. The quantitative estimate of drug-likeness (QED) is 0.713. The molecule has 0 N–H and O–H groups in total. The van der Waals surface area contributed by atoms with Crippen molar-refractivity contribution in [3.8, 4) is 0 Å². The van der Waals surface area contributed by atoms with Crippen molar-refractivity contribution < 1.29 is 0 Å². The molecule has 1 unspecified atom stereocenters. The van der Waals surface area contributed by atoms with Crippen LogP contribution < -0.4 is 10.6 Å². The zero-order chi connectivity index (χ0) is 13.8. The molecule has 1 aliphatic rings. The van der Waals surface area contributed by atoms with E-state index in [2.05, 4.69) is 67.6 Å². The molecule has 2 atom stereocenters. The van der Waals surface area contributed by atoms with Gasteiger partial charge in [0.15, 0.2) is 0 Å². The molecule has 0 saturated heterocycles. The average molecular weight is 282 g/mol. The Balaban J connectivity index is 2.00. The minimum Gasteiger partial charge on any atom is -0.0651 e. The topological polar surface area (TPSA) is 0 Å². The fourth-order valence-electron chi connectivity index (χ4n) is 3.54. The highest BCUT2D eigenvalue weighted by Gasteiger charge is 2.33. The third-order valence-electron chi connectivity index (χ3n) is 4.54. The fourth-order valence-corrected chi connectivity index (χ4v) is 6.82. The Labute approximate surface area is 124 Å². The lowest BCUT2D eigenvalue weighted by Gasteiger charge is -2.29.